The molecule has 1 heterocycles. The van der Waals surface area contributed by atoms with Crippen LogP contribution in [0.4, 0.5) is 5.69 Å². The van der Waals surface area contributed by atoms with Crippen LogP contribution >= 0.6 is 0 Å². The fourth-order valence-electron chi connectivity index (χ4n) is 3.72. The highest BCUT2D eigenvalue weighted by Gasteiger charge is 2.14. The lowest BCUT2D eigenvalue weighted by atomic mass is 10.0. The van der Waals surface area contributed by atoms with Gasteiger partial charge >= 0.3 is 5.69 Å². The van der Waals surface area contributed by atoms with E-state index in [1.807, 2.05) is 32.9 Å². The molecule has 8 nitrogen and oxygen atoms in total. The van der Waals surface area contributed by atoms with Gasteiger partial charge in [-0.15, -0.1) is 0 Å². The largest absolute Gasteiger partial charge is 0.348 e. The monoisotopic (exact) mass is 447 g/mol. The molecule has 0 unspecified atom stereocenters. The third-order valence-electron chi connectivity index (χ3n) is 5.13. The van der Waals surface area contributed by atoms with Gasteiger partial charge in [-0.25, -0.2) is 4.79 Å². The number of aryl methyl sites for hydroxylation is 2. The molecule has 0 atom stereocenters. The number of non-ortho nitro benzene ring substituents is 1. The van der Waals surface area contributed by atoms with Crippen molar-refractivity contribution in [1.82, 2.24) is 9.55 Å². The van der Waals surface area contributed by atoms with E-state index in [1.54, 1.807) is 12.1 Å². The smallest absolute Gasteiger partial charge is 0.330 e. The van der Waals surface area contributed by atoms with Gasteiger partial charge in [0.25, 0.3) is 11.2 Å². The van der Waals surface area contributed by atoms with E-state index in [1.165, 1.54) is 16.7 Å². The van der Waals surface area contributed by atoms with Crippen LogP contribution in [0.5, 0.6) is 0 Å². The van der Waals surface area contributed by atoms with Crippen molar-refractivity contribution < 1.29 is 9.66 Å². The molecule has 0 bridgehead atoms. The molecule has 0 aliphatic carbocycles. The van der Waals surface area contributed by atoms with Crippen LogP contribution in [-0.4, -0.2) is 21.1 Å². The Bertz CT molecular complexity index is 1320. The third kappa shape index (κ3) is 6.05. The minimum atomic E-state index is -0.528. The summed E-state index contributed by atoms with van der Waals surface area (Å²) in [5.74, 6) is 5.70. The highest BCUT2D eigenvalue weighted by molar-refractivity contribution is 5.41. The fraction of sp³-hybridized carbons (Fsp3) is 0.280. The molecular weight excluding hydrogens is 422 g/mol. The van der Waals surface area contributed by atoms with Gasteiger partial charge < -0.3 is 4.74 Å². The van der Waals surface area contributed by atoms with Gasteiger partial charge in [0.2, 0.25) is 0 Å². The number of nitrogens with zero attached hydrogens (tertiary/aromatic N) is 2. The summed E-state index contributed by atoms with van der Waals surface area (Å²) in [5, 5.41) is 10.7. The number of hydrogen-bond donors (Lipinski definition) is 1. The van der Waals surface area contributed by atoms with Crippen molar-refractivity contribution in [3.05, 3.63) is 107 Å². The van der Waals surface area contributed by atoms with Crippen LogP contribution in [0.25, 0.3) is 0 Å². The highest BCUT2D eigenvalue weighted by atomic mass is 16.6. The molecule has 3 aromatic rings. The average Bonchev–Trinajstić information content (AvgIpc) is 2.75. The summed E-state index contributed by atoms with van der Waals surface area (Å²) < 4.78 is 7.04. The number of hydrogen-bond acceptors (Lipinski definition) is 5. The zero-order valence-corrected chi connectivity index (χ0v) is 18.8. The Morgan fingerprint density at radius 2 is 1.76 bits per heavy atom. The topological polar surface area (TPSA) is 107 Å². The molecule has 8 heteroatoms. The van der Waals surface area contributed by atoms with Gasteiger partial charge in [-0.05, 0) is 38.0 Å². The van der Waals surface area contributed by atoms with E-state index in [2.05, 4.69) is 22.9 Å². The summed E-state index contributed by atoms with van der Waals surface area (Å²) in [6.07, 6.45) is 0.915. The van der Waals surface area contributed by atoms with E-state index in [4.69, 9.17) is 4.74 Å². The molecule has 0 radical (unpaired) electrons. The number of benzene rings is 2. The first-order chi connectivity index (χ1) is 15.8. The highest BCUT2D eigenvalue weighted by Crippen LogP contribution is 2.15. The summed E-state index contributed by atoms with van der Waals surface area (Å²) in [7, 11) is 0. The van der Waals surface area contributed by atoms with Crippen molar-refractivity contribution in [2.24, 2.45) is 0 Å². The number of nitro benzene ring substituents is 1. The predicted octanol–water partition coefficient (Wildman–Crippen LogP) is 3.24. The number of aromatic amines is 1. The third-order valence-corrected chi connectivity index (χ3v) is 5.13. The van der Waals surface area contributed by atoms with E-state index in [-0.39, 0.29) is 24.6 Å². The number of ether oxygens (including phenoxy) is 1. The first-order valence-electron chi connectivity index (χ1n) is 10.5. The second-order valence-corrected chi connectivity index (χ2v) is 7.72. The Balaban J connectivity index is 1.79. The molecule has 170 valence electrons. The van der Waals surface area contributed by atoms with Crippen LogP contribution in [-0.2, 0) is 24.3 Å². The summed E-state index contributed by atoms with van der Waals surface area (Å²) in [6.45, 7) is 5.88. The summed E-state index contributed by atoms with van der Waals surface area (Å²) in [5.41, 5.74) is 4.12. The van der Waals surface area contributed by atoms with E-state index >= 15 is 0 Å². The Kier molecular flexibility index (Phi) is 7.59. The van der Waals surface area contributed by atoms with Gasteiger partial charge in [-0.1, -0.05) is 48.1 Å². The Labute approximate surface area is 191 Å². The standard InChI is InChI=1S/C25H25N3O5/c1-4-22-23(15-20-13-17(2)12-18(3)14-20)27(25(30)26-24(22)29)16-33-11-5-6-19-7-9-21(10-8-19)28(31)32/h7-10,12-14H,4,11,15-16H2,1-3H3,(H,26,29,30). The van der Waals surface area contributed by atoms with Gasteiger partial charge in [0.15, 0.2) is 0 Å². The van der Waals surface area contributed by atoms with Crippen molar-refractivity contribution in [2.45, 2.75) is 40.3 Å². The minimum Gasteiger partial charge on any atom is -0.348 e. The van der Waals surface area contributed by atoms with E-state index in [9.17, 15) is 19.7 Å². The van der Waals surface area contributed by atoms with Crippen molar-refractivity contribution in [1.29, 1.82) is 0 Å². The quantitative estimate of drug-likeness (QED) is 0.259. The predicted molar refractivity (Wildman–Crippen MR) is 125 cm³/mol. The second-order valence-electron chi connectivity index (χ2n) is 7.72. The molecule has 3 rings (SSSR count). The fourth-order valence-corrected chi connectivity index (χ4v) is 3.72. The lowest BCUT2D eigenvalue weighted by Gasteiger charge is -2.16. The molecule has 33 heavy (non-hydrogen) atoms. The van der Waals surface area contributed by atoms with Gasteiger partial charge in [0.1, 0.15) is 13.3 Å². The van der Waals surface area contributed by atoms with Crippen LogP contribution in [0.2, 0.25) is 0 Å². The maximum absolute atomic E-state index is 12.6. The second kappa shape index (κ2) is 10.6. The molecule has 0 saturated heterocycles. The van der Waals surface area contributed by atoms with E-state index in [0.29, 0.717) is 29.7 Å². The van der Waals surface area contributed by atoms with Gasteiger partial charge in [-0.3, -0.25) is 24.5 Å². The molecule has 0 amide bonds. The maximum atomic E-state index is 12.6. The van der Waals surface area contributed by atoms with Crippen molar-refractivity contribution >= 4 is 5.69 Å². The zero-order chi connectivity index (χ0) is 24.0. The zero-order valence-electron chi connectivity index (χ0n) is 18.8. The molecule has 1 aromatic heterocycles. The van der Waals surface area contributed by atoms with Crippen molar-refractivity contribution in [3.63, 3.8) is 0 Å². The van der Waals surface area contributed by atoms with Crippen LogP contribution in [0.3, 0.4) is 0 Å². The van der Waals surface area contributed by atoms with E-state index in [0.717, 1.165) is 16.7 Å². The molecule has 1 N–H and O–H groups in total. The summed E-state index contributed by atoms with van der Waals surface area (Å²) in [4.78, 5) is 37.6. The average molecular weight is 447 g/mol. The maximum Gasteiger partial charge on any atom is 0.330 e. The van der Waals surface area contributed by atoms with Gasteiger partial charge in [-0.2, -0.15) is 0 Å². The van der Waals surface area contributed by atoms with Crippen LogP contribution in [0.1, 0.15) is 40.4 Å². The van der Waals surface area contributed by atoms with Crippen molar-refractivity contribution in [2.75, 3.05) is 6.61 Å². The first kappa shape index (κ1) is 23.7. The van der Waals surface area contributed by atoms with Gasteiger partial charge in [0, 0.05) is 35.4 Å². The lowest BCUT2D eigenvalue weighted by Crippen LogP contribution is -2.36. The number of nitro groups is 1. The number of rotatable bonds is 7. The molecule has 0 spiro atoms. The first-order valence-corrected chi connectivity index (χ1v) is 10.5. The van der Waals surface area contributed by atoms with Crippen LogP contribution in [0, 0.1) is 35.8 Å². The molecule has 0 aliphatic heterocycles. The Morgan fingerprint density at radius 1 is 1.09 bits per heavy atom. The molecule has 0 fully saturated rings. The van der Waals surface area contributed by atoms with E-state index < -0.39 is 10.6 Å². The molecule has 2 aromatic carbocycles. The molecular formula is C25H25N3O5. The Hall–Kier alpha value is -3.96. The summed E-state index contributed by atoms with van der Waals surface area (Å²) >= 11 is 0. The summed E-state index contributed by atoms with van der Waals surface area (Å²) in [6, 6.07) is 12.0. The molecule has 0 aliphatic rings. The van der Waals surface area contributed by atoms with Crippen molar-refractivity contribution in [3.8, 4) is 11.8 Å². The van der Waals surface area contributed by atoms with Crippen LogP contribution in [0.15, 0.2) is 52.1 Å². The SMILES string of the molecule is CCc1c(Cc2cc(C)cc(C)c2)n(COCC#Cc2ccc([N+](=O)[O-])cc2)c(=O)[nH]c1=O. The van der Waals surface area contributed by atoms with Crippen LogP contribution < -0.4 is 11.2 Å². The van der Waals surface area contributed by atoms with Gasteiger partial charge in [0.05, 0.1) is 4.92 Å². The molecule has 0 saturated carbocycles. The lowest BCUT2D eigenvalue weighted by molar-refractivity contribution is -0.384. The normalized spacial score (nSPS) is 10.5. The minimum absolute atomic E-state index is 0.00249. The number of H-pyrrole nitrogens is 1. The number of aromatic nitrogens is 2. The number of nitrogens with one attached hydrogen (secondary N) is 1. The Morgan fingerprint density at radius 3 is 2.36 bits per heavy atom.